The van der Waals surface area contributed by atoms with E-state index < -0.39 is 0 Å². The van der Waals surface area contributed by atoms with Gasteiger partial charge < -0.3 is 0 Å². The molecule has 0 saturated heterocycles. The van der Waals surface area contributed by atoms with Gasteiger partial charge in [-0.1, -0.05) is 0 Å². The summed E-state index contributed by atoms with van der Waals surface area (Å²) in [5, 5.41) is 0. The fraction of sp³-hybridized carbons (Fsp3) is 0.222. The normalized spacial score (nSPS) is 10.5. The molecule has 0 aliphatic carbocycles. The highest BCUT2D eigenvalue weighted by Gasteiger charge is 1.96. The summed E-state index contributed by atoms with van der Waals surface area (Å²) in [7, 11) is 0. The van der Waals surface area contributed by atoms with Gasteiger partial charge in [-0.2, -0.15) is 0 Å². The minimum atomic E-state index is 0.785. The fourth-order valence-electron chi connectivity index (χ4n) is 1.12. The molecule has 2 heterocycles. The number of aryl methyl sites for hydroxylation is 2. The van der Waals surface area contributed by atoms with E-state index in [0.29, 0.717) is 0 Å². The topological polar surface area (TPSA) is 38.7 Å². The average molecular weight is 159 g/mol. The third kappa shape index (κ3) is 1.13. The van der Waals surface area contributed by atoms with Gasteiger partial charge in [-0.15, -0.1) is 0 Å². The standard InChI is InChI=1S/C9H9N3/c1-6-3-4-8-9(11-6)5-10-7(2)12-8/h3-5H,1-2H3. The second kappa shape index (κ2) is 2.52. The van der Waals surface area contributed by atoms with Gasteiger partial charge in [0.1, 0.15) is 11.3 Å². The third-order valence-electron chi connectivity index (χ3n) is 1.70. The molecule has 0 radical (unpaired) electrons. The maximum atomic E-state index is 4.29. The lowest BCUT2D eigenvalue weighted by atomic mass is 10.3. The van der Waals surface area contributed by atoms with Gasteiger partial charge in [-0.05, 0) is 26.0 Å². The van der Waals surface area contributed by atoms with Gasteiger partial charge in [0.15, 0.2) is 0 Å². The third-order valence-corrected chi connectivity index (χ3v) is 1.70. The lowest BCUT2D eigenvalue weighted by Crippen LogP contribution is -1.90. The van der Waals surface area contributed by atoms with Crippen molar-refractivity contribution in [3.63, 3.8) is 0 Å². The number of pyridine rings is 1. The van der Waals surface area contributed by atoms with Gasteiger partial charge >= 0.3 is 0 Å². The summed E-state index contributed by atoms with van der Waals surface area (Å²) in [6, 6.07) is 3.92. The van der Waals surface area contributed by atoms with E-state index >= 15 is 0 Å². The van der Waals surface area contributed by atoms with Crippen LogP contribution >= 0.6 is 0 Å². The lowest BCUT2D eigenvalue weighted by molar-refractivity contribution is 1.07. The molecule has 3 nitrogen and oxygen atoms in total. The Kier molecular flexibility index (Phi) is 1.50. The van der Waals surface area contributed by atoms with Gasteiger partial charge in [0.2, 0.25) is 0 Å². The van der Waals surface area contributed by atoms with Crippen LogP contribution in [0.15, 0.2) is 18.3 Å². The Morgan fingerprint density at radius 3 is 2.67 bits per heavy atom. The zero-order valence-corrected chi connectivity index (χ0v) is 7.07. The summed E-state index contributed by atoms with van der Waals surface area (Å²) in [5.74, 6) is 0.785. The molecular formula is C9H9N3. The highest BCUT2D eigenvalue weighted by molar-refractivity contribution is 5.72. The maximum Gasteiger partial charge on any atom is 0.126 e. The summed E-state index contributed by atoms with van der Waals surface area (Å²) < 4.78 is 0. The minimum absolute atomic E-state index is 0.785. The van der Waals surface area contributed by atoms with Crippen LogP contribution in [0.2, 0.25) is 0 Å². The largest absolute Gasteiger partial charge is 0.250 e. The smallest absolute Gasteiger partial charge is 0.126 e. The first-order chi connectivity index (χ1) is 5.75. The average Bonchev–Trinajstić information content (AvgIpc) is 2.05. The Bertz CT molecular complexity index is 382. The Labute approximate surface area is 70.5 Å². The van der Waals surface area contributed by atoms with Crippen LogP contribution in [0, 0.1) is 13.8 Å². The van der Waals surface area contributed by atoms with Crippen LogP contribution in [0.1, 0.15) is 11.5 Å². The summed E-state index contributed by atoms with van der Waals surface area (Å²) in [4.78, 5) is 12.6. The molecule has 0 aliphatic rings. The number of nitrogens with zero attached hydrogens (tertiary/aromatic N) is 3. The predicted molar refractivity (Wildman–Crippen MR) is 46.8 cm³/mol. The Morgan fingerprint density at radius 2 is 1.83 bits per heavy atom. The number of hydrogen-bond donors (Lipinski definition) is 0. The van der Waals surface area contributed by atoms with Crippen LogP contribution in [0.5, 0.6) is 0 Å². The molecule has 0 amide bonds. The number of aromatic nitrogens is 3. The molecule has 0 aliphatic heterocycles. The van der Waals surface area contributed by atoms with E-state index in [1.165, 1.54) is 0 Å². The molecule has 0 bridgehead atoms. The van der Waals surface area contributed by atoms with Crippen LogP contribution in [0.3, 0.4) is 0 Å². The first-order valence-electron chi connectivity index (χ1n) is 3.83. The van der Waals surface area contributed by atoms with Crippen molar-refractivity contribution in [1.82, 2.24) is 15.0 Å². The van der Waals surface area contributed by atoms with E-state index in [0.717, 1.165) is 22.6 Å². The second-order valence-corrected chi connectivity index (χ2v) is 2.77. The van der Waals surface area contributed by atoms with E-state index in [4.69, 9.17) is 0 Å². The Balaban J connectivity index is 2.79. The highest BCUT2D eigenvalue weighted by Crippen LogP contribution is 2.07. The minimum Gasteiger partial charge on any atom is -0.250 e. The molecule has 0 atom stereocenters. The summed E-state index contributed by atoms with van der Waals surface area (Å²) >= 11 is 0. The Morgan fingerprint density at radius 1 is 1.00 bits per heavy atom. The van der Waals surface area contributed by atoms with Crippen molar-refractivity contribution in [2.24, 2.45) is 0 Å². The zero-order valence-electron chi connectivity index (χ0n) is 7.07. The summed E-state index contributed by atoms with van der Waals surface area (Å²) in [6.45, 7) is 3.83. The van der Waals surface area contributed by atoms with Crippen LogP contribution < -0.4 is 0 Å². The molecule has 12 heavy (non-hydrogen) atoms. The van der Waals surface area contributed by atoms with Crippen LogP contribution in [-0.2, 0) is 0 Å². The molecule has 0 N–H and O–H groups in total. The quantitative estimate of drug-likeness (QED) is 0.586. The van der Waals surface area contributed by atoms with Crippen LogP contribution in [-0.4, -0.2) is 15.0 Å². The zero-order chi connectivity index (χ0) is 8.55. The Hall–Kier alpha value is -1.51. The molecule has 2 aromatic heterocycles. The van der Waals surface area contributed by atoms with Crippen molar-refractivity contribution >= 4 is 11.0 Å². The van der Waals surface area contributed by atoms with Gasteiger partial charge in [0.25, 0.3) is 0 Å². The molecule has 0 aromatic carbocycles. The van der Waals surface area contributed by atoms with E-state index in [2.05, 4.69) is 15.0 Å². The molecule has 0 unspecified atom stereocenters. The van der Waals surface area contributed by atoms with Gasteiger partial charge in [-0.3, -0.25) is 0 Å². The number of rotatable bonds is 0. The van der Waals surface area contributed by atoms with Crippen LogP contribution in [0.4, 0.5) is 0 Å². The monoisotopic (exact) mass is 159 g/mol. The van der Waals surface area contributed by atoms with Crippen molar-refractivity contribution in [1.29, 1.82) is 0 Å². The van der Waals surface area contributed by atoms with E-state index in [-0.39, 0.29) is 0 Å². The number of fused-ring (bicyclic) bond motifs is 1. The highest BCUT2D eigenvalue weighted by atomic mass is 14.9. The predicted octanol–water partition coefficient (Wildman–Crippen LogP) is 1.64. The molecule has 0 saturated carbocycles. The van der Waals surface area contributed by atoms with E-state index in [1.807, 2.05) is 26.0 Å². The molecule has 3 heteroatoms. The second-order valence-electron chi connectivity index (χ2n) is 2.77. The van der Waals surface area contributed by atoms with Crippen molar-refractivity contribution in [2.45, 2.75) is 13.8 Å². The van der Waals surface area contributed by atoms with E-state index in [1.54, 1.807) is 6.20 Å². The van der Waals surface area contributed by atoms with Crippen molar-refractivity contribution in [3.8, 4) is 0 Å². The molecule has 60 valence electrons. The first-order valence-corrected chi connectivity index (χ1v) is 3.83. The van der Waals surface area contributed by atoms with Crippen molar-refractivity contribution in [3.05, 3.63) is 29.8 Å². The van der Waals surface area contributed by atoms with Crippen LogP contribution in [0.25, 0.3) is 11.0 Å². The van der Waals surface area contributed by atoms with E-state index in [9.17, 15) is 0 Å². The maximum absolute atomic E-state index is 4.29. The SMILES string of the molecule is Cc1ccc2nc(C)ncc2n1. The van der Waals surface area contributed by atoms with Gasteiger partial charge in [0.05, 0.1) is 11.7 Å². The number of hydrogen-bond acceptors (Lipinski definition) is 3. The summed E-state index contributed by atoms with van der Waals surface area (Å²) in [5.41, 5.74) is 2.77. The molecule has 0 spiro atoms. The van der Waals surface area contributed by atoms with Crippen molar-refractivity contribution < 1.29 is 0 Å². The molecule has 0 fully saturated rings. The lowest BCUT2D eigenvalue weighted by Gasteiger charge is -1.97. The van der Waals surface area contributed by atoms with Gasteiger partial charge in [0, 0.05) is 5.69 Å². The fourth-order valence-corrected chi connectivity index (χ4v) is 1.12. The summed E-state index contributed by atoms with van der Waals surface area (Å²) in [6.07, 6.45) is 1.75. The molecule has 2 aromatic rings. The molecule has 2 rings (SSSR count). The van der Waals surface area contributed by atoms with Gasteiger partial charge in [-0.25, -0.2) is 15.0 Å². The van der Waals surface area contributed by atoms with Crippen molar-refractivity contribution in [2.75, 3.05) is 0 Å². The molecular weight excluding hydrogens is 150 g/mol. The first kappa shape index (κ1) is 7.16.